The van der Waals surface area contributed by atoms with E-state index in [1.54, 1.807) is 24.3 Å². The van der Waals surface area contributed by atoms with Crippen LogP contribution in [0.2, 0.25) is 0 Å². The van der Waals surface area contributed by atoms with E-state index < -0.39 is 5.97 Å². The SMILES string of the molecule is CCON(NCl)c1ccccc1C(=O)OC. The highest BCUT2D eigenvalue weighted by Crippen LogP contribution is 2.20. The Bertz CT molecular complexity index is 360. The summed E-state index contributed by atoms with van der Waals surface area (Å²) in [6, 6.07) is 6.81. The lowest BCUT2D eigenvalue weighted by atomic mass is 10.2. The number of hydrazine groups is 1. The molecule has 1 aromatic rings. The molecule has 1 aromatic carbocycles. The summed E-state index contributed by atoms with van der Waals surface area (Å²) in [4.78, 5) is 19.0. The number of nitrogens with zero attached hydrogens (tertiary/aromatic N) is 1. The van der Waals surface area contributed by atoms with Crippen molar-refractivity contribution in [1.29, 1.82) is 0 Å². The highest BCUT2D eigenvalue weighted by molar-refractivity contribution is 6.14. The summed E-state index contributed by atoms with van der Waals surface area (Å²) in [5.74, 6) is -0.452. The number of esters is 1. The maximum atomic E-state index is 11.5. The molecule has 0 fully saturated rings. The summed E-state index contributed by atoms with van der Waals surface area (Å²) in [7, 11) is 1.32. The molecule has 0 unspecified atom stereocenters. The molecular weight excluding hydrogens is 232 g/mol. The Morgan fingerprint density at radius 2 is 2.19 bits per heavy atom. The number of anilines is 1. The number of benzene rings is 1. The Morgan fingerprint density at radius 3 is 2.75 bits per heavy atom. The predicted molar refractivity (Wildman–Crippen MR) is 60.9 cm³/mol. The van der Waals surface area contributed by atoms with Crippen LogP contribution in [0.15, 0.2) is 24.3 Å². The Morgan fingerprint density at radius 1 is 1.50 bits per heavy atom. The van der Waals surface area contributed by atoms with E-state index in [0.717, 1.165) is 0 Å². The first-order chi connectivity index (χ1) is 7.74. The molecule has 0 saturated carbocycles. The zero-order valence-electron chi connectivity index (χ0n) is 9.07. The van der Waals surface area contributed by atoms with Crippen molar-refractivity contribution in [3.63, 3.8) is 0 Å². The summed E-state index contributed by atoms with van der Waals surface area (Å²) in [6.45, 7) is 2.22. The van der Waals surface area contributed by atoms with Crippen molar-refractivity contribution in [3.05, 3.63) is 29.8 Å². The fourth-order valence-corrected chi connectivity index (χ4v) is 1.34. The molecule has 0 saturated heterocycles. The minimum atomic E-state index is -0.452. The van der Waals surface area contributed by atoms with Crippen molar-refractivity contribution in [1.82, 2.24) is 4.94 Å². The number of hydrogen-bond acceptors (Lipinski definition) is 5. The van der Waals surface area contributed by atoms with Gasteiger partial charge in [-0.1, -0.05) is 12.1 Å². The van der Waals surface area contributed by atoms with Gasteiger partial charge >= 0.3 is 5.97 Å². The number of carbonyl (C=O) groups excluding carboxylic acids is 1. The number of nitrogens with one attached hydrogen (secondary N) is 1. The molecule has 0 aromatic heterocycles. The second-order valence-electron chi connectivity index (χ2n) is 2.81. The minimum absolute atomic E-state index is 0.367. The van der Waals surface area contributed by atoms with E-state index in [9.17, 15) is 4.79 Å². The van der Waals surface area contributed by atoms with E-state index in [0.29, 0.717) is 17.9 Å². The van der Waals surface area contributed by atoms with E-state index in [1.807, 2.05) is 6.92 Å². The van der Waals surface area contributed by atoms with Gasteiger partial charge in [0.05, 0.1) is 25.0 Å². The summed E-state index contributed by atoms with van der Waals surface area (Å²) in [6.07, 6.45) is 0. The molecule has 88 valence electrons. The first-order valence-electron chi connectivity index (χ1n) is 4.71. The number of methoxy groups -OCH3 is 1. The molecular formula is C10H13ClN2O3. The molecule has 0 aliphatic carbocycles. The highest BCUT2D eigenvalue weighted by atomic mass is 35.5. The van der Waals surface area contributed by atoms with Gasteiger partial charge in [-0.2, -0.15) is 5.17 Å². The van der Waals surface area contributed by atoms with Crippen LogP contribution >= 0.6 is 11.8 Å². The first kappa shape index (κ1) is 12.8. The van der Waals surface area contributed by atoms with Crippen LogP contribution in [0, 0.1) is 0 Å². The summed E-state index contributed by atoms with van der Waals surface area (Å²) >= 11 is 5.50. The van der Waals surface area contributed by atoms with E-state index in [1.165, 1.54) is 12.3 Å². The Kier molecular flexibility index (Phi) is 5.04. The molecule has 0 aliphatic rings. The standard InChI is InChI=1S/C10H13ClN2O3/c1-3-16-13(12-11)9-7-5-4-6-8(9)10(14)15-2/h4-7,12H,3H2,1-2H3. The van der Waals surface area contributed by atoms with Crippen LogP contribution in [0.5, 0.6) is 0 Å². The largest absolute Gasteiger partial charge is 0.465 e. The van der Waals surface area contributed by atoms with Gasteiger partial charge in [-0.3, -0.25) is 4.84 Å². The lowest BCUT2D eigenvalue weighted by Crippen LogP contribution is -2.32. The molecule has 0 spiro atoms. The number of para-hydroxylation sites is 1. The summed E-state index contributed by atoms with van der Waals surface area (Å²) in [5.41, 5.74) is 0.859. The van der Waals surface area contributed by atoms with Gasteiger partial charge in [0.1, 0.15) is 0 Å². The van der Waals surface area contributed by atoms with Crippen LogP contribution in [0.4, 0.5) is 5.69 Å². The van der Waals surface area contributed by atoms with Crippen LogP contribution in [0.25, 0.3) is 0 Å². The van der Waals surface area contributed by atoms with E-state index in [-0.39, 0.29) is 0 Å². The molecule has 0 heterocycles. The second-order valence-corrected chi connectivity index (χ2v) is 2.97. The molecule has 1 rings (SSSR count). The van der Waals surface area contributed by atoms with Gasteiger partial charge in [0.15, 0.2) is 0 Å². The monoisotopic (exact) mass is 244 g/mol. The van der Waals surface area contributed by atoms with Crippen molar-refractivity contribution >= 4 is 23.4 Å². The maximum Gasteiger partial charge on any atom is 0.340 e. The fourth-order valence-electron chi connectivity index (χ4n) is 1.20. The Labute approximate surface area is 98.9 Å². The third kappa shape index (κ3) is 2.85. The molecule has 0 atom stereocenters. The van der Waals surface area contributed by atoms with E-state index in [4.69, 9.17) is 16.6 Å². The van der Waals surface area contributed by atoms with Crippen molar-refractivity contribution in [2.45, 2.75) is 6.92 Å². The number of ether oxygens (including phenoxy) is 1. The van der Waals surface area contributed by atoms with Crippen molar-refractivity contribution in [2.75, 3.05) is 18.9 Å². The van der Waals surface area contributed by atoms with Crippen LogP contribution in [-0.4, -0.2) is 19.7 Å². The zero-order valence-corrected chi connectivity index (χ0v) is 9.82. The van der Waals surface area contributed by atoms with Gasteiger partial charge in [0.2, 0.25) is 0 Å². The maximum absolute atomic E-state index is 11.5. The van der Waals surface area contributed by atoms with Crippen LogP contribution < -0.4 is 10.1 Å². The van der Waals surface area contributed by atoms with E-state index >= 15 is 0 Å². The average molecular weight is 245 g/mol. The third-order valence-electron chi connectivity index (χ3n) is 1.86. The molecule has 1 N–H and O–H groups in total. The van der Waals surface area contributed by atoms with Gasteiger partial charge in [0, 0.05) is 0 Å². The molecule has 5 nitrogen and oxygen atoms in total. The minimum Gasteiger partial charge on any atom is -0.465 e. The van der Waals surface area contributed by atoms with Crippen molar-refractivity contribution < 1.29 is 14.4 Å². The zero-order chi connectivity index (χ0) is 12.0. The van der Waals surface area contributed by atoms with Crippen molar-refractivity contribution in [2.24, 2.45) is 0 Å². The number of hydrogen-bond donors (Lipinski definition) is 1. The van der Waals surface area contributed by atoms with Gasteiger partial charge in [-0.05, 0) is 30.8 Å². The molecule has 16 heavy (non-hydrogen) atoms. The average Bonchev–Trinajstić information content (AvgIpc) is 2.35. The van der Waals surface area contributed by atoms with Gasteiger partial charge in [-0.15, -0.1) is 4.94 Å². The van der Waals surface area contributed by atoms with Gasteiger partial charge in [-0.25, -0.2) is 4.79 Å². The fraction of sp³-hybridized carbons (Fsp3) is 0.300. The summed E-state index contributed by atoms with van der Waals surface area (Å²) < 4.78 is 4.66. The van der Waals surface area contributed by atoms with Gasteiger partial charge < -0.3 is 4.74 Å². The van der Waals surface area contributed by atoms with Crippen LogP contribution in [0.1, 0.15) is 17.3 Å². The van der Waals surface area contributed by atoms with Crippen molar-refractivity contribution in [3.8, 4) is 0 Å². The smallest absolute Gasteiger partial charge is 0.340 e. The Balaban J connectivity index is 3.05. The van der Waals surface area contributed by atoms with Crippen LogP contribution in [0.3, 0.4) is 0 Å². The highest BCUT2D eigenvalue weighted by Gasteiger charge is 2.16. The summed E-state index contributed by atoms with van der Waals surface area (Å²) in [5, 5.41) is 1.20. The quantitative estimate of drug-likeness (QED) is 0.487. The molecule has 0 radical (unpaired) electrons. The molecule has 0 aliphatic heterocycles. The first-order valence-corrected chi connectivity index (χ1v) is 5.09. The van der Waals surface area contributed by atoms with Crippen LogP contribution in [-0.2, 0) is 9.57 Å². The van der Waals surface area contributed by atoms with E-state index in [2.05, 4.69) is 9.68 Å². The number of carbonyl (C=O) groups is 1. The Hall–Kier alpha value is -1.30. The third-order valence-corrected chi connectivity index (χ3v) is 2.02. The normalized spacial score (nSPS) is 9.94. The molecule has 0 bridgehead atoms. The lowest BCUT2D eigenvalue weighted by molar-refractivity contribution is 0.0593. The predicted octanol–water partition coefficient (Wildman–Crippen LogP) is 1.89. The molecule has 6 heteroatoms. The topological polar surface area (TPSA) is 50.8 Å². The van der Waals surface area contributed by atoms with Gasteiger partial charge in [0.25, 0.3) is 0 Å². The lowest BCUT2D eigenvalue weighted by Gasteiger charge is -2.21. The number of halogens is 1. The second kappa shape index (κ2) is 6.32. The molecule has 0 amide bonds. The number of rotatable bonds is 5.